The van der Waals surface area contributed by atoms with Crippen molar-refractivity contribution in [1.82, 2.24) is 15.5 Å². The van der Waals surface area contributed by atoms with Crippen LogP contribution in [0.3, 0.4) is 0 Å². The average Bonchev–Trinajstić information content (AvgIpc) is 2.32. The molecule has 0 aromatic heterocycles. The van der Waals surface area contributed by atoms with Crippen LogP contribution >= 0.6 is 24.0 Å². The SMILES string of the molecule is CCNC(=NCCN1CCC(C)CC1)NCC.I. The van der Waals surface area contributed by atoms with E-state index in [1.807, 2.05) is 0 Å². The Morgan fingerprint density at radius 2 is 1.72 bits per heavy atom. The highest BCUT2D eigenvalue weighted by Gasteiger charge is 2.14. The third kappa shape index (κ3) is 7.41. The van der Waals surface area contributed by atoms with E-state index in [1.54, 1.807) is 0 Å². The summed E-state index contributed by atoms with van der Waals surface area (Å²) in [6.45, 7) is 12.9. The molecule has 0 saturated carbocycles. The van der Waals surface area contributed by atoms with Gasteiger partial charge in [-0.1, -0.05) is 6.92 Å². The van der Waals surface area contributed by atoms with Crippen LogP contribution in [0, 0.1) is 5.92 Å². The van der Waals surface area contributed by atoms with Crippen LogP contribution in [0.1, 0.15) is 33.6 Å². The Kier molecular flexibility index (Phi) is 10.8. The molecule has 4 nitrogen and oxygen atoms in total. The van der Waals surface area contributed by atoms with Crippen LogP contribution in [-0.4, -0.2) is 50.1 Å². The quantitative estimate of drug-likeness (QED) is 0.443. The predicted molar refractivity (Wildman–Crippen MR) is 89.9 cm³/mol. The lowest BCUT2D eigenvalue weighted by atomic mass is 9.99. The summed E-state index contributed by atoms with van der Waals surface area (Å²) < 4.78 is 0. The fourth-order valence-electron chi connectivity index (χ4n) is 2.10. The lowest BCUT2D eigenvalue weighted by molar-refractivity contribution is 0.197. The summed E-state index contributed by atoms with van der Waals surface area (Å²) in [5, 5.41) is 6.50. The second kappa shape index (κ2) is 10.8. The van der Waals surface area contributed by atoms with Gasteiger partial charge in [0.05, 0.1) is 6.54 Å². The molecule has 0 aliphatic carbocycles. The molecule has 0 spiro atoms. The van der Waals surface area contributed by atoms with Crippen LogP contribution in [0.2, 0.25) is 0 Å². The largest absolute Gasteiger partial charge is 0.357 e. The summed E-state index contributed by atoms with van der Waals surface area (Å²) in [7, 11) is 0. The molecule has 0 aromatic carbocycles. The molecule has 18 heavy (non-hydrogen) atoms. The maximum absolute atomic E-state index is 4.57. The molecule has 1 aliphatic rings. The van der Waals surface area contributed by atoms with Gasteiger partial charge in [-0.15, -0.1) is 24.0 Å². The van der Waals surface area contributed by atoms with E-state index in [0.717, 1.165) is 38.1 Å². The van der Waals surface area contributed by atoms with Gasteiger partial charge in [0.25, 0.3) is 0 Å². The number of rotatable bonds is 5. The van der Waals surface area contributed by atoms with Crippen LogP contribution in [0.5, 0.6) is 0 Å². The number of likely N-dealkylation sites (tertiary alicyclic amines) is 1. The first-order chi connectivity index (χ1) is 8.26. The Morgan fingerprint density at radius 1 is 1.17 bits per heavy atom. The van der Waals surface area contributed by atoms with Gasteiger partial charge in [0, 0.05) is 19.6 Å². The Labute approximate surface area is 129 Å². The fraction of sp³-hybridized carbons (Fsp3) is 0.923. The zero-order chi connectivity index (χ0) is 12.5. The van der Waals surface area contributed by atoms with Gasteiger partial charge in [0.2, 0.25) is 0 Å². The highest BCUT2D eigenvalue weighted by atomic mass is 127. The molecule has 0 unspecified atom stereocenters. The lowest BCUT2D eigenvalue weighted by Gasteiger charge is -2.29. The lowest BCUT2D eigenvalue weighted by Crippen LogP contribution is -2.38. The van der Waals surface area contributed by atoms with Crippen molar-refractivity contribution in [2.75, 3.05) is 39.3 Å². The standard InChI is InChI=1S/C13H28N4.HI/c1-4-14-13(15-5-2)16-8-11-17-9-6-12(3)7-10-17;/h12H,4-11H2,1-3H3,(H2,14,15,16);1H. The van der Waals surface area contributed by atoms with E-state index in [9.17, 15) is 0 Å². The number of nitrogens with one attached hydrogen (secondary N) is 2. The van der Waals surface area contributed by atoms with Crippen LogP contribution in [0.4, 0.5) is 0 Å². The van der Waals surface area contributed by atoms with E-state index < -0.39 is 0 Å². The smallest absolute Gasteiger partial charge is 0.191 e. The third-order valence-corrected chi connectivity index (χ3v) is 3.25. The minimum atomic E-state index is 0. The molecule has 1 heterocycles. The topological polar surface area (TPSA) is 39.7 Å². The molecule has 1 saturated heterocycles. The third-order valence-electron chi connectivity index (χ3n) is 3.25. The van der Waals surface area contributed by atoms with Gasteiger partial charge < -0.3 is 15.5 Å². The molecule has 0 radical (unpaired) electrons. The first-order valence-electron chi connectivity index (χ1n) is 7.00. The summed E-state index contributed by atoms with van der Waals surface area (Å²) >= 11 is 0. The van der Waals surface area contributed by atoms with E-state index in [1.165, 1.54) is 25.9 Å². The maximum atomic E-state index is 4.57. The molecule has 0 aromatic rings. The summed E-state index contributed by atoms with van der Waals surface area (Å²) in [6, 6.07) is 0. The number of hydrogen-bond acceptors (Lipinski definition) is 2. The molecule has 1 rings (SSSR count). The van der Waals surface area contributed by atoms with Crippen LogP contribution in [0.15, 0.2) is 4.99 Å². The molecule has 0 amide bonds. The van der Waals surface area contributed by atoms with Gasteiger partial charge in [-0.2, -0.15) is 0 Å². The number of guanidine groups is 1. The van der Waals surface area contributed by atoms with Crippen molar-refractivity contribution in [3.8, 4) is 0 Å². The number of hydrogen-bond donors (Lipinski definition) is 2. The van der Waals surface area contributed by atoms with Crippen molar-refractivity contribution >= 4 is 29.9 Å². The summed E-state index contributed by atoms with van der Waals surface area (Å²) in [6.07, 6.45) is 2.69. The van der Waals surface area contributed by atoms with E-state index in [-0.39, 0.29) is 24.0 Å². The molecule has 108 valence electrons. The Morgan fingerprint density at radius 3 is 2.22 bits per heavy atom. The molecule has 0 bridgehead atoms. The van der Waals surface area contributed by atoms with Crippen molar-refractivity contribution in [2.45, 2.75) is 33.6 Å². The summed E-state index contributed by atoms with van der Waals surface area (Å²) in [4.78, 5) is 7.10. The molecule has 0 atom stereocenters. The summed E-state index contributed by atoms with van der Waals surface area (Å²) in [5.41, 5.74) is 0. The second-order valence-electron chi connectivity index (χ2n) is 4.82. The first-order valence-corrected chi connectivity index (χ1v) is 7.00. The first kappa shape index (κ1) is 18.0. The fourth-order valence-corrected chi connectivity index (χ4v) is 2.10. The zero-order valence-electron chi connectivity index (χ0n) is 12.0. The van der Waals surface area contributed by atoms with Crippen molar-refractivity contribution in [3.63, 3.8) is 0 Å². The van der Waals surface area contributed by atoms with Crippen LogP contribution < -0.4 is 10.6 Å². The number of halogens is 1. The Bertz CT molecular complexity index is 217. The zero-order valence-corrected chi connectivity index (χ0v) is 14.4. The van der Waals surface area contributed by atoms with E-state index in [2.05, 4.69) is 41.3 Å². The monoisotopic (exact) mass is 368 g/mol. The van der Waals surface area contributed by atoms with E-state index >= 15 is 0 Å². The molecule has 5 heteroatoms. The predicted octanol–water partition coefficient (Wildman–Crippen LogP) is 1.91. The van der Waals surface area contributed by atoms with Gasteiger partial charge in [-0.25, -0.2) is 0 Å². The number of nitrogens with zero attached hydrogens (tertiary/aromatic N) is 2. The number of piperidine rings is 1. The van der Waals surface area contributed by atoms with Gasteiger partial charge in [0.15, 0.2) is 5.96 Å². The van der Waals surface area contributed by atoms with Crippen molar-refractivity contribution in [2.24, 2.45) is 10.9 Å². The number of aliphatic imine (C=N–C) groups is 1. The van der Waals surface area contributed by atoms with Crippen molar-refractivity contribution < 1.29 is 0 Å². The minimum Gasteiger partial charge on any atom is -0.357 e. The van der Waals surface area contributed by atoms with E-state index in [4.69, 9.17) is 0 Å². The molecule has 2 N–H and O–H groups in total. The molecule has 1 aliphatic heterocycles. The second-order valence-corrected chi connectivity index (χ2v) is 4.82. The normalized spacial score (nSPS) is 16.8. The Balaban J connectivity index is 0.00000289. The summed E-state index contributed by atoms with van der Waals surface area (Å²) in [5.74, 6) is 1.86. The van der Waals surface area contributed by atoms with Crippen LogP contribution in [-0.2, 0) is 0 Å². The molecular weight excluding hydrogens is 339 g/mol. The highest BCUT2D eigenvalue weighted by Crippen LogP contribution is 2.15. The maximum Gasteiger partial charge on any atom is 0.191 e. The van der Waals surface area contributed by atoms with E-state index in [0.29, 0.717) is 0 Å². The van der Waals surface area contributed by atoms with Gasteiger partial charge in [-0.3, -0.25) is 4.99 Å². The van der Waals surface area contributed by atoms with Crippen LogP contribution in [0.25, 0.3) is 0 Å². The average molecular weight is 368 g/mol. The van der Waals surface area contributed by atoms with Crippen molar-refractivity contribution in [3.05, 3.63) is 0 Å². The molecular formula is C13H29IN4. The van der Waals surface area contributed by atoms with Gasteiger partial charge in [-0.05, 0) is 45.7 Å². The van der Waals surface area contributed by atoms with Gasteiger partial charge in [0.1, 0.15) is 0 Å². The minimum absolute atomic E-state index is 0. The van der Waals surface area contributed by atoms with Crippen molar-refractivity contribution in [1.29, 1.82) is 0 Å². The Hall–Kier alpha value is -0.0400. The highest BCUT2D eigenvalue weighted by molar-refractivity contribution is 14.0. The molecule has 1 fully saturated rings. The van der Waals surface area contributed by atoms with Gasteiger partial charge >= 0.3 is 0 Å².